The van der Waals surface area contributed by atoms with Gasteiger partial charge in [0.25, 0.3) is 5.69 Å². The molecule has 0 saturated heterocycles. The number of hydrogen-bond acceptors (Lipinski definition) is 7. The second-order valence-corrected chi connectivity index (χ2v) is 7.50. The van der Waals surface area contributed by atoms with Gasteiger partial charge < -0.3 is 11.2 Å². The van der Waals surface area contributed by atoms with E-state index in [0.29, 0.717) is 22.2 Å². The first-order valence-corrected chi connectivity index (χ1v) is 9.78. The maximum Gasteiger partial charge on any atom is 0.274 e. The zero-order valence-electron chi connectivity index (χ0n) is 14.6. The highest BCUT2D eigenvalue weighted by Gasteiger charge is 2.17. The Balaban J connectivity index is 1.69. The van der Waals surface area contributed by atoms with Crippen LogP contribution in [-0.4, -0.2) is 31.5 Å². The molecular weight excluding hydrogens is 448 g/mol. The van der Waals surface area contributed by atoms with Gasteiger partial charge in [-0.2, -0.15) is 0 Å². The van der Waals surface area contributed by atoms with Gasteiger partial charge in [-0.05, 0) is 25.1 Å². The molecule has 1 amide bonds. The van der Waals surface area contributed by atoms with Gasteiger partial charge in [-0.1, -0.05) is 45.9 Å². The number of nitrogens with two attached hydrogens (primary N) is 1. The molecule has 2 aromatic carbocycles. The maximum absolute atomic E-state index is 12.3. The van der Waals surface area contributed by atoms with E-state index in [1.165, 1.54) is 16.8 Å². The molecule has 0 aliphatic heterocycles. The van der Waals surface area contributed by atoms with Gasteiger partial charge in [0, 0.05) is 16.1 Å². The van der Waals surface area contributed by atoms with Crippen LogP contribution in [0.25, 0.3) is 11.4 Å². The van der Waals surface area contributed by atoms with Crippen LogP contribution in [0.2, 0.25) is 0 Å². The molecule has 28 heavy (non-hydrogen) atoms. The third-order valence-electron chi connectivity index (χ3n) is 3.89. The third kappa shape index (κ3) is 4.15. The zero-order valence-corrected chi connectivity index (χ0v) is 17.0. The summed E-state index contributed by atoms with van der Waals surface area (Å²) in [5.74, 6) is 6.21. The first kappa shape index (κ1) is 19.8. The number of anilines is 1. The van der Waals surface area contributed by atoms with Crippen LogP contribution < -0.4 is 11.2 Å². The highest BCUT2D eigenvalue weighted by molar-refractivity contribution is 9.10. The summed E-state index contributed by atoms with van der Waals surface area (Å²) in [6.07, 6.45) is 0. The lowest BCUT2D eigenvalue weighted by Gasteiger charge is -2.08. The van der Waals surface area contributed by atoms with Crippen molar-refractivity contribution in [1.82, 2.24) is 14.9 Å². The Morgan fingerprint density at radius 2 is 2.04 bits per heavy atom. The Morgan fingerprint density at radius 1 is 1.29 bits per heavy atom. The second-order valence-electron chi connectivity index (χ2n) is 5.70. The van der Waals surface area contributed by atoms with E-state index in [1.54, 1.807) is 13.0 Å². The smallest absolute Gasteiger partial charge is 0.274 e. The summed E-state index contributed by atoms with van der Waals surface area (Å²) in [6, 6.07) is 12.0. The number of aromatic nitrogens is 3. The van der Waals surface area contributed by atoms with E-state index in [2.05, 4.69) is 31.4 Å². The number of nitrogens with zero attached hydrogens (tertiary/aromatic N) is 4. The molecule has 9 nitrogen and oxygen atoms in total. The number of thioether (sulfide) groups is 1. The molecular formula is C17H15BrN6O3S. The Morgan fingerprint density at radius 3 is 2.75 bits per heavy atom. The topological polar surface area (TPSA) is 129 Å². The van der Waals surface area contributed by atoms with E-state index in [1.807, 2.05) is 24.3 Å². The number of nitrogens with one attached hydrogen (secondary N) is 1. The van der Waals surface area contributed by atoms with Crippen molar-refractivity contribution in [3.05, 3.63) is 62.6 Å². The molecule has 3 aromatic rings. The van der Waals surface area contributed by atoms with Crippen molar-refractivity contribution in [1.29, 1.82) is 0 Å². The van der Waals surface area contributed by atoms with Crippen molar-refractivity contribution < 1.29 is 9.72 Å². The quantitative estimate of drug-likeness (QED) is 0.248. The molecule has 3 rings (SSSR count). The van der Waals surface area contributed by atoms with Crippen LogP contribution in [0.3, 0.4) is 0 Å². The summed E-state index contributed by atoms with van der Waals surface area (Å²) in [4.78, 5) is 22.8. The lowest BCUT2D eigenvalue weighted by Crippen LogP contribution is -2.17. The molecule has 3 N–H and O–H groups in total. The number of nitrogen functional groups attached to an aromatic ring is 1. The number of benzene rings is 2. The normalized spacial score (nSPS) is 10.6. The molecule has 0 bridgehead atoms. The van der Waals surface area contributed by atoms with Gasteiger partial charge in [0.15, 0.2) is 5.82 Å². The molecule has 0 radical (unpaired) electrons. The molecule has 0 atom stereocenters. The average molecular weight is 463 g/mol. The Kier molecular flexibility index (Phi) is 5.95. The van der Waals surface area contributed by atoms with Crippen molar-refractivity contribution in [2.45, 2.75) is 12.1 Å². The highest BCUT2D eigenvalue weighted by Crippen LogP contribution is 2.28. The van der Waals surface area contributed by atoms with E-state index in [9.17, 15) is 14.9 Å². The number of rotatable bonds is 6. The fraction of sp³-hybridized carbons (Fsp3) is 0.118. The van der Waals surface area contributed by atoms with Crippen LogP contribution in [0.15, 0.2) is 52.1 Å². The zero-order chi connectivity index (χ0) is 20.3. The number of carbonyl (C=O) groups excluding carboxylic acids is 1. The summed E-state index contributed by atoms with van der Waals surface area (Å²) < 4.78 is 2.14. The number of hydrogen-bond donors (Lipinski definition) is 2. The van der Waals surface area contributed by atoms with Crippen molar-refractivity contribution >= 4 is 45.0 Å². The van der Waals surface area contributed by atoms with Crippen molar-refractivity contribution in [3.63, 3.8) is 0 Å². The van der Waals surface area contributed by atoms with Crippen molar-refractivity contribution in [2.75, 3.05) is 16.9 Å². The fourth-order valence-electron chi connectivity index (χ4n) is 2.47. The molecule has 0 unspecified atom stereocenters. The SMILES string of the molecule is Cc1c(NC(=O)CSc2nnc(-c3ccccc3Br)n2N)cccc1[N+](=O)[O-]. The Labute approximate surface area is 172 Å². The number of amides is 1. The van der Waals surface area contributed by atoms with Crippen LogP contribution in [0.1, 0.15) is 5.56 Å². The van der Waals surface area contributed by atoms with Crippen molar-refractivity contribution in [3.8, 4) is 11.4 Å². The summed E-state index contributed by atoms with van der Waals surface area (Å²) in [7, 11) is 0. The number of halogens is 1. The van der Waals surface area contributed by atoms with Crippen LogP contribution in [-0.2, 0) is 4.79 Å². The van der Waals surface area contributed by atoms with E-state index >= 15 is 0 Å². The molecule has 1 heterocycles. The third-order valence-corrected chi connectivity index (χ3v) is 5.52. The van der Waals surface area contributed by atoms with Gasteiger partial charge in [-0.15, -0.1) is 10.2 Å². The molecule has 0 aliphatic rings. The van der Waals surface area contributed by atoms with Gasteiger partial charge in [0.1, 0.15) is 0 Å². The standard InChI is InChI=1S/C17H15BrN6O3S/c1-10-13(7-4-8-14(10)24(26)27)20-15(25)9-28-17-22-21-16(23(17)19)11-5-2-3-6-12(11)18/h2-8H,9,19H2,1H3,(H,20,25). The molecule has 144 valence electrons. The van der Waals surface area contributed by atoms with E-state index in [-0.39, 0.29) is 17.3 Å². The van der Waals surface area contributed by atoms with Gasteiger partial charge in [0.05, 0.1) is 21.9 Å². The maximum atomic E-state index is 12.3. The number of nitro groups is 1. The minimum Gasteiger partial charge on any atom is -0.335 e. The molecule has 1 aromatic heterocycles. The van der Waals surface area contributed by atoms with Gasteiger partial charge >= 0.3 is 0 Å². The largest absolute Gasteiger partial charge is 0.335 e. The Bertz CT molecular complexity index is 1060. The van der Waals surface area contributed by atoms with E-state index in [4.69, 9.17) is 5.84 Å². The predicted octanol–water partition coefficient (Wildman–Crippen LogP) is 3.37. The summed E-state index contributed by atoms with van der Waals surface area (Å²) in [6.45, 7) is 1.58. The second kappa shape index (κ2) is 8.40. The lowest BCUT2D eigenvalue weighted by molar-refractivity contribution is -0.385. The number of nitro benzene ring substituents is 1. The van der Waals surface area contributed by atoms with Crippen LogP contribution in [0.4, 0.5) is 11.4 Å². The summed E-state index contributed by atoms with van der Waals surface area (Å²) >= 11 is 4.56. The van der Waals surface area contributed by atoms with Gasteiger partial charge in [-0.3, -0.25) is 14.9 Å². The molecule has 11 heteroatoms. The first-order chi connectivity index (χ1) is 13.4. The summed E-state index contributed by atoms with van der Waals surface area (Å²) in [5, 5.41) is 22.2. The molecule has 0 spiro atoms. The van der Waals surface area contributed by atoms with Gasteiger partial charge in [-0.25, -0.2) is 4.68 Å². The van der Waals surface area contributed by atoms with Crippen LogP contribution in [0, 0.1) is 17.0 Å². The summed E-state index contributed by atoms with van der Waals surface area (Å²) in [5.41, 5.74) is 1.51. The van der Waals surface area contributed by atoms with E-state index < -0.39 is 4.92 Å². The minimum atomic E-state index is -0.486. The first-order valence-electron chi connectivity index (χ1n) is 8.00. The monoisotopic (exact) mass is 462 g/mol. The Hall–Kier alpha value is -2.92. The fourth-order valence-corrected chi connectivity index (χ4v) is 3.59. The van der Waals surface area contributed by atoms with E-state index in [0.717, 1.165) is 21.8 Å². The van der Waals surface area contributed by atoms with Crippen molar-refractivity contribution in [2.24, 2.45) is 0 Å². The predicted molar refractivity (Wildman–Crippen MR) is 110 cm³/mol. The van der Waals surface area contributed by atoms with Crippen LogP contribution in [0.5, 0.6) is 0 Å². The molecule has 0 saturated carbocycles. The highest BCUT2D eigenvalue weighted by atomic mass is 79.9. The average Bonchev–Trinajstić information content (AvgIpc) is 3.02. The number of carbonyl (C=O) groups is 1. The molecule has 0 fully saturated rings. The lowest BCUT2D eigenvalue weighted by atomic mass is 10.1. The minimum absolute atomic E-state index is 0.0213. The molecule has 0 aliphatic carbocycles. The van der Waals surface area contributed by atoms with Gasteiger partial charge in [0.2, 0.25) is 11.1 Å². The van der Waals surface area contributed by atoms with Crippen LogP contribution >= 0.6 is 27.7 Å².